The second-order valence-electron chi connectivity index (χ2n) is 6.63. The van der Waals surface area contributed by atoms with Gasteiger partial charge in [0, 0.05) is 25.9 Å². The van der Waals surface area contributed by atoms with E-state index in [1.807, 2.05) is 12.1 Å². The van der Waals surface area contributed by atoms with Crippen LogP contribution in [0, 0.1) is 11.8 Å². The van der Waals surface area contributed by atoms with Crippen molar-refractivity contribution in [1.82, 2.24) is 9.55 Å². The summed E-state index contributed by atoms with van der Waals surface area (Å²) in [6.07, 6.45) is 7.78. The molecule has 1 aliphatic rings. The summed E-state index contributed by atoms with van der Waals surface area (Å²) in [6.45, 7) is 2.02. The fourth-order valence-electron chi connectivity index (χ4n) is 3.55. The molecule has 0 unspecified atom stereocenters. The van der Waals surface area contributed by atoms with Crippen molar-refractivity contribution in [3.05, 3.63) is 24.5 Å². The van der Waals surface area contributed by atoms with Crippen molar-refractivity contribution in [3.63, 3.8) is 0 Å². The van der Waals surface area contributed by atoms with Crippen LogP contribution in [0.3, 0.4) is 0 Å². The highest BCUT2D eigenvalue weighted by atomic mass is 16.5. The van der Waals surface area contributed by atoms with E-state index in [0.29, 0.717) is 19.1 Å². The summed E-state index contributed by atoms with van der Waals surface area (Å²) in [5.74, 6) is 1.35. The number of pyridine rings is 1. The molecule has 1 aliphatic carbocycles. The second kappa shape index (κ2) is 8.34. The predicted octanol–water partition coefficient (Wildman–Crippen LogP) is 3.04. The molecule has 1 fully saturated rings. The lowest BCUT2D eigenvalue weighted by Gasteiger charge is -2.27. The SMILES string of the molecule is COCCOc1cnc2ccn(C[C@H]3CC[C@H](C(=O)OC)CC3)c2c1. The van der Waals surface area contributed by atoms with Gasteiger partial charge in [-0.25, -0.2) is 0 Å². The van der Waals surface area contributed by atoms with Gasteiger partial charge in [0.25, 0.3) is 0 Å². The van der Waals surface area contributed by atoms with Crippen LogP contribution in [-0.2, 0) is 20.8 Å². The highest BCUT2D eigenvalue weighted by Gasteiger charge is 2.27. The largest absolute Gasteiger partial charge is 0.489 e. The maximum Gasteiger partial charge on any atom is 0.308 e. The van der Waals surface area contributed by atoms with Gasteiger partial charge in [0.1, 0.15) is 12.4 Å². The average Bonchev–Trinajstić information content (AvgIpc) is 3.04. The monoisotopic (exact) mass is 346 g/mol. The summed E-state index contributed by atoms with van der Waals surface area (Å²) in [5, 5.41) is 0. The van der Waals surface area contributed by atoms with Gasteiger partial charge in [0.15, 0.2) is 0 Å². The minimum Gasteiger partial charge on any atom is -0.489 e. The minimum absolute atomic E-state index is 0.0630. The topological polar surface area (TPSA) is 62.6 Å². The van der Waals surface area contributed by atoms with Crippen LogP contribution in [0.5, 0.6) is 5.75 Å². The maximum absolute atomic E-state index is 11.7. The molecule has 0 bridgehead atoms. The summed E-state index contributed by atoms with van der Waals surface area (Å²) >= 11 is 0. The first-order valence-electron chi connectivity index (χ1n) is 8.85. The zero-order chi connectivity index (χ0) is 17.6. The fourth-order valence-corrected chi connectivity index (χ4v) is 3.55. The number of carbonyl (C=O) groups is 1. The summed E-state index contributed by atoms with van der Waals surface area (Å²) in [5.41, 5.74) is 2.06. The molecule has 136 valence electrons. The van der Waals surface area contributed by atoms with E-state index in [1.165, 1.54) is 7.11 Å². The first-order valence-corrected chi connectivity index (χ1v) is 8.85. The van der Waals surface area contributed by atoms with Crippen molar-refractivity contribution < 1.29 is 19.0 Å². The van der Waals surface area contributed by atoms with Gasteiger partial charge >= 0.3 is 5.97 Å². The number of hydrogen-bond acceptors (Lipinski definition) is 5. The lowest BCUT2D eigenvalue weighted by molar-refractivity contribution is -0.146. The quantitative estimate of drug-likeness (QED) is 0.570. The summed E-state index contributed by atoms with van der Waals surface area (Å²) in [4.78, 5) is 16.1. The molecule has 0 radical (unpaired) electrons. The van der Waals surface area contributed by atoms with Crippen LogP contribution in [0.15, 0.2) is 24.5 Å². The van der Waals surface area contributed by atoms with Crippen LogP contribution in [0.1, 0.15) is 25.7 Å². The van der Waals surface area contributed by atoms with Gasteiger partial charge in [0.05, 0.1) is 36.9 Å². The lowest BCUT2D eigenvalue weighted by Crippen LogP contribution is -2.24. The van der Waals surface area contributed by atoms with Crippen LogP contribution in [0.2, 0.25) is 0 Å². The van der Waals surface area contributed by atoms with Gasteiger partial charge in [-0.15, -0.1) is 0 Å². The summed E-state index contributed by atoms with van der Waals surface area (Å²) in [6, 6.07) is 4.08. The van der Waals surface area contributed by atoms with E-state index in [1.54, 1.807) is 13.3 Å². The number of hydrogen-bond donors (Lipinski definition) is 0. The number of rotatable bonds is 7. The smallest absolute Gasteiger partial charge is 0.308 e. The molecule has 6 heteroatoms. The van der Waals surface area contributed by atoms with Crippen molar-refractivity contribution in [3.8, 4) is 5.75 Å². The van der Waals surface area contributed by atoms with Gasteiger partial charge in [-0.2, -0.15) is 0 Å². The molecule has 2 aromatic rings. The number of nitrogens with zero attached hydrogens (tertiary/aromatic N) is 2. The number of carbonyl (C=O) groups excluding carboxylic acids is 1. The molecule has 0 amide bonds. The molecule has 0 N–H and O–H groups in total. The van der Waals surface area contributed by atoms with Crippen LogP contribution in [0.4, 0.5) is 0 Å². The van der Waals surface area contributed by atoms with Gasteiger partial charge in [-0.3, -0.25) is 9.78 Å². The third kappa shape index (κ3) is 4.31. The molecule has 2 heterocycles. The second-order valence-corrected chi connectivity index (χ2v) is 6.63. The normalized spacial score (nSPS) is 20.6. The van der Waals surface area contributed by atoms with E-state index in [2.05, 4.69) is 15.7 Å². The average molecular weight is 346 g/mol. The summed E-state index contributed by atoms with van der Waals surface area (Å²) < 4.78 is 17.8. The van der Waals surface area contributed by atoms with Crippen molar-refractivity contribution in [2.45, 2.75) is 32.2 Å². The Morgan fingerprint density at radius 3 is 2.76 bits per heavy atom. The van der Waals surface area contributed by atoms with Crippen LogP contribution >= 0.6 is 0 Å². The Labute approximate surface area is 148 Å². The molecule has 1 saturated carbocycles. The Morgan fingerprint density at radius 1 is 1.24 bits per heavy atom. The molecule has 0 atom stereocenters. The van der Waals surface area contributed by atoms with Gasteiger partial charge in [-0.1, -0.05) is 0 Å². The molecule has 2 aromatic heterocycles. The Bertz CT molecular complexity index is 705. The molecule has 0 spiro atoms. The van der Waals surface area contributed by atoms with E-state index >= 15 is 0 Å². The van der Waals surface area contributed by atoms with Crippen LogP contribution in [-0.4, -0.2) is 43.0 Å². The lowest BCUT2D eigenvalue weighted by atomic mass is 9.82. The van der Waals surface area contributed by atoms with Gasteiger partial charge < -0.3 is 18.8 Å². The van der Waals surface area contributed by atoms with E-state index in [4.69, 9.17) is 14.2 Å². The van der Waals surface area contributed by atoms with E-state index in [9.17, 15) is 4.79 Å². The van der Waals surface area contributed by atoms with Crippen LogP contribution in [0.25, 0.3) is 11.0 Å². The molecule has 0 aromatic carbocycles. The van der Waals surface area contributed by atoms with E-state index < -0.39 is 0 Å². The summed E-state index contributed by atoms with van der Waals surface area (Å²) in [7, 11) is 3.13. The highest BCUT2D eigenvalue weighted by Crippen LogP contribution is 2.31. The number of aromatic nitrogens is 2. The number of ether oxygens (including phenoxy) is 3. The number of esters is 1. The standard InChI is InChI=1S/C19H26N2O4/c1-23-9-10-25-16-11-18-17(20-12-16)7-8-21(18)13-14-3-5-15(6-4-14)19(22)24-2/h7-8,11-12,14-15H,3-6,9-10,13H2,1-2H3/t14-,15-. The predicted molar refractivity (Wildman–Crippen MR) is 94.6 cm³/mol. The first kappa shape index (κ1) is 17.7. The molecular formula is C19H26N2O4. The molecule has 6 nitrogen and oxygen atoms in total. The van der Waals surface area contributed by atoms with E-state index in [-0.39, 0.29) is 11.9 Å². The highest BCUT2D eigenvalue weighted by molar-refractivity contribution is 5.77. The zero-order valence-corrected chi connectivity index (χ0v) is 14.9. The van der Waals surface area contributed by atoms with Crippen LogP contribution < -0.4 is 4.74 Å². The third-order valence-electron chi connectivity index (χ3n) is 4.99. The molecule has 0 aliphatic heterocycles. The van der Waals surface area contributed by atoms with Crippen molar-refractivity contribution >= 4 is 17.0 Å². The Hall–Kier alpha value is -2.08. The zero-order valence-electron chi connectivity index (χ0n) is 14.9. The number of methoxy groups -OCH3 is 2. The Kier molecular flexibility index (Phi) is 5.91. The van der Waals surface area contributed by atoms with Gasteiger partial charge in [-0.05, 0) is 37.7 Å². The van der Waals surface area contributed by atoms with Gasteiger partial charge in [0.2, 0.25) is 0 Å². The molecule has 0 saturated heterocycles. The Morgan fingerprint density at radius 2 is 2.04 bits per heavy atom. The Balaban J connectivity index is 1.63. The van der Waals surface area contributed by atoms with Crippen molar-refractivity contribution in [2.75, 3.05) is 27.4 Å². The minimum atomic E-state index is -0.0630. The molecular weight excluding hydrogens is 320 g/mol. The van der Waals surface area contributed by atoms with E-state index in [0.717, 1.165) is 49.0 Å². The number of fused-ring (bicyclic) bond motifs is 1. The first-order chi connectivity index (χ1) is 12.2. The molecule has 3 rings (SSSR count). The van der Waals surface area contributed by atoms with Crippen molar-refractivity contribution in [1.29, 1.82) is 0 Å². The fraction of sp³-hybridized carbons (Fsp3) is 0.579. The van der Waals surface area contributed by atoms with Crippen molar-refractivity contribution in [2.24, 2.45) is 11.8 Å². The molecule has 25 heavy (non-hydrogen) atoms. The maximum atomic E-state index is 11.7. The third-order valence-corrected chi connectivity index (χ3v) is 4.99.